The van der Waals surface area contributed by atoms with Gasteiger partial charge in [-0.25, -0.2) is 4.79 Å². The summed E-state index contributed by atoms with van der Waals surface area (Å²) in [5.41, 5.74) is 8.40. The molecule has 2 N–H and O–H groups in total. The van der Waals surface area contributed by atoms with Crippen molar-refractivity contribution in [3.05, 3.63) is 65.7 Å². The van der Waals surface area contributed by atoms with Gasteiger partial charge >= 0.3 is 5.97 Å². The fourth-order valence-electron chi connectivity index (χ4n) is 1.76. The Kier molecular flexibility index (Phi) is 5.60. The second-order valence-corrected chi connectivity index (χ2v) is 4.83. The molecule has 2 aromatic carbocycles. The van der Waals surface area contributed by atoms with E-state index in [1.807, 2.05) is 31.2 Å². The maximum atomic E-state index is 11.6. The molecule has 0 aromatic heterocycles. The van der Waals surface area contributed by atoms with Gasteiger partial charge in [0.25, 0.3) is 0 Å². The van der Waals surface area contributed by atoms with Crippen LogP contribution in [-0.4, -0.2) is 19.2 Å². The molecule has 0 spiro atoms. The van der Waals surface area contributed by atoms with Crippen molar-refractivity contribution < 1.29 is 14.3 Å². The molecule has 0 bridgehead atoms. The zero-order chi connectivity index (χ0) is 15.8. The van der Waals surface area contributed by atoms with E-state index in [2.05, 4.69) is 0 Å². The van der Waals surface area contributed by atoms with Crippen LogP contribution in [0, 0.1) is 6.92 Å². The summed E-state index contributed by atoms with van der Waals surface area (Å²) in [4.78, 5) is 11.6. The monoisotopic (exact) mass is 297 g/mol. The van der Waals surface area contributed by atoms with Crippen molar-refractivity contribution in [3.8, 4) is 5.75 Å². The van der Waals surface area contributed by atoms with Crippen LogP contribution >= 0.6 is 0 Å². The largest absolute Gasteiger partial charge is 0.490 e. The Balaban J connectivity index is 1.69. The summed E-state index contributed by atoms with van der Waals surface area (Å²) < 4.78 is 10.5. The lowest BCUT2D eigenvalue weighted by atomic mass is 10.1. The highest BCUT2D eigenvalue weighted by Gasteiger charge is 1.98. The lowest BCUT2D eigenvalue weighted by molar-refractivity contribution is -0.138. The molecule has 4 nitrogen and oxygen atoms in total. The van der Waals surface area contributed by atoms with E-state index < -0.39 is 0 Å². The van der Waals surface area contributed by atoms with Crippen molar-refractivity contribution in [2.24, 2.45) is 0 Å². The average molecular weight is 297 g/mol. The van der Waals surface area contributed by atoms with Gasteiger partial charge in [-0.3, -0.25) is 0 Å². The van der Waals surface area contributed by atoms with Gasteiger partial charge in [0.05, 0.1) is 0 Å². The first-order valence-electron chi connectivity index (χ1n) is 7.03. The van der Waals surface area contributed by atoms with E-state index >= 15 is 0 Å². The molecule has 0 aliphatic heterocycles. The SMILES string of the molecule is Cc1ccc(/C=C/C(=O)OCCOc2ccc(N)cc2)cc1. The number of hydrogen-bond acceptors (Lipinski definition) is 4. The highest BCUT2D eigenvalue weighted by Crippen LogP contribution is 2.12. The Bertz CT molecular complexity index is 630. The van der Waals surface area contributed by atoms with Crippen LogP contribution in [0.1, 0.15) is 11.1 Å². The van der Waals surface area contributed by atoms with Crippen molar-refractivity contribution in [2.45, 2.75) is 6.92 Å². The van der Waals surface area contributed by atoms with Crippen LogP contribution in [0.15, 0.2) is 54.6 Å². The molecule has 22 heavy (non-hydrogen) atoms. The molecule has 0 saturated heterocycles. The van der Waals surface area contributed by atoms with Crippen LogP contribution in [0.5, 0.6) is 5.75 Å². The molecular formula is C18H19NO3. The zero-order valence-electron chi connectivity index (χ0n) is 12.5. The van der Waals surface area contributed by atoms with Gasteiger partial charge in [-0.1, -0.05) is 29.8 Å². The lowest BCUT2D eigenvalue weighted by Gasteiger charge is -2.06. The minimum atomic E-state index is -0.388. The number of benzene rings is 2. The standard InChI is InChI=1S/C18H19NO3/c1-14-2-4-15(5-3-14)6-11-18(20)22-13-12-21-17-9-7-16(19)8-10-17/h2-11H,12-13,19H2,1H3/b11-6+. The topological polar surface area (TPSA) is 61.5 Å². The van der Waals surface area contributed by atoms with Crippen LogP contribution in [0.4, 0.5) is 5.69 Å². The van der Waals surface area contributed by atoms with Gasteiger partial charge in [0, 0.05) is 11.8 Å². The molecule has 0 fully saturated rings. The minimum absolute atomic E-state index is 0.196. The third-order valence-electron chi connectivity index (χ3n) is 2.97. The number of carbonyl (C=O) groups is 1. The quantitative estimate of drug-likeness (QED) is 0.385. The van der Waals surface area contributed by atoms with E-state index in [-0.39, 0.29) is 12.6 Å². The number of carbonyl (C=O) groups excluding carboxylic acids is 1. The molecule has 0 amide bonds. The molecule has 4 heteroatoms. The van der Waals surface area contributed by atoms with E-state index in [1.54, 1.807) is 30.3 Å². The van der Waals surface area contributed by atoms with Crippen molar-refractivity contribution in [1.29, 1.82) is 0 Å². The van der Waals surface area contributed by atoms with E-state index in [1.165, 1.54) is 11.6 Å². The summed E-state index contributed by atoms with van der Waals surface area (Å²) in [6, 6.07) is 14.9. The van der Waals surface area contributed by atoms with Crippen molar-refractivity contribution in [1.82, 2.24) is 0 Å². The zero-order valence-corrected chi connectivity index (χ0v) is 12.5. The van der Waals surface area contributed by atoms with Crippen LogP contribution < -0.4 is 10.5 Å². The Morgan fingerprint density at radius 3 is 2.41 bits per heavy atom. The van der Waals surface area contributed by atoms with Gasteiger partial charge in [-0.2, -0.15) is 0 Å². The number of ether oxygens (including phenoxy) is 2. The molecule has 0 aliphatic rings. The van der Waals surface area contributed by atoms with E-state index in [9.17, 15) is 4.79 Å². The Morgan fingerprint density at radius 2 is 1.73 bits per heavy atom. The van der Waals surface area contributed by atoms with Crippen molar-refractivity contribution >= 4 is 17.7 Å². The summed E-state index contributed by atoms with van der Waals surface area (Å²) >= 11 is 0. The summed E-state index contributed by atoms with van der Waals surface area (Å²) in [6.45, 7) is 2.51. The maximum Gasteiger partial charge on any atom is 0.330 e. The normalized spacial score (nSPS) is 10.6. The highest BCUT2D eigenvalue weighted by atomic mass is 16.6. The Hall–Kier alpha value is -2.75. The molecular weight excluding hydrogens is 278 g/mol. The van der Waals surface area contributed by atoms with Crippen LogP contribution in [0.2, 0.25) is 0 Å². The molecule has 2 aromatic rings. The lowest BCUT2D eigenvalue weighted by Crippen LogP contribution is -2.10. The molecule has 0 saturated carbocycles. The number of anilines is 1. The number of hydrogen-bond donors (Lipinski definition) is 1. The number of esters is 1. The summed E-state index contributed by atoms with van der Waals surface area (Å²) in [5.74, 6) is 0.307. The number of nitrogen functional groups attached to an aromatic ring is 1. The summed E-state index contributed by atoms with van der Waals surface area (Å²) in [7, 11) is 0. The Labute approximate surface area is 130 Å². The number of rotatable bonds is 6. The molecule has 2 rings (SSSR count). The van der Waals surface area contributed by atoms with Crippen molar-refractivity contribution in [2.75, 3.05) is 18.9 Å². The van der Waals surface area contributed by atoms with Crippen LogP contribution in [0.3, 0.4) is 0 Å². The van der Waals surface area contributed by atoms with E-state index in [0.717, 1.165) is 5.56 Å². The van der Waals surface area contributed by atoms with Gasteiger partial charge in [-0.15, -0.1) is 0 Å². The smallest absolute Gasteiger partial charge is 0.330 e. The molecule has 0 aliphatic carbocycles. The van der Waals surface area contributed by atoms with Gasteiger partial charge in [-0.05, 0) is 42.8 Å². The first-order valence-corrected chi connectivity index (χ1v) is 7.03. The first kappa shape index (κ1) is 15.6. The molecule has 114 valence electrons. The third kappa shape index (κ3) is 5.32. The van der Waals surface area contributed by atoms with E-state index in [4.69, 9.17) is 15.2 Å². The van der Waals surface area contributed by atoms with E-state index in [0.29, 0.717) is 18.0 Å². The molecule has 0 heterocycles. The van der Waals surface area contributed by atoms with Gasteiger partial charge < -0.3 is 15.2 Å². The molecule has 0 atom stereocenters. The summed E-state index contributed by atoms with van der Waals surface area (Å²) in [6.07, 6.45) is 3.14. The Morgan fingerprint density at radius 1 is 1.05 bits per heavy atom. The molecule has 0 radical (unpaired) electrons. The third-order valence-corrected chi connectivity index (χ3v) is 2.97. The maximum absolute atomic E-state index is 11.6. The fourth-order valence-corrected chi connectivity index (χ4v) is 1.76. The van der Waals surface area contributed by atoms with Crippen LogP contribution in [0.25, 0.3) is 6.08 Å². The second kappa shape index (κ2) is 7.88. The minimum Gasteiger partial charge on any atom is -0.490 e. The van der Waals surface area contributed by atoms with Gasteiger partial charge in [0.2, 0.25) is 0 Å². The first-order chi connectivity index (χ1) is 10.6. The predicted molar refractivity (Wildman–Crippen MR) is 87.5 cm³/mol. The highest BCUT2D eigenvalue weighted by molar-refractivity contribution is 5.87. The summed E-state index contributed by atoms with van der Waals surface area (Å²) in [5, 5.41) is 0. The van der Waals surface area contributed by atoms with Gasteiger partial charge in [0.15, 0.2) is 0 Å². The van der Waals surface area contributed by atoms with Crippen molar-refractivity contribution in [3.63, 3.8) is 0 Å². The van der Waals surface area contributed by atoms with Crippen LogP contribution in [-0.2, 0) is 9.53 Å². The average Bonchev–Trinajstić information content (AvgIpc) is 2.53. The number of nitrogens with two attached hydrogens (primary N) is 1. The number of aryl methyl sites for hydroxylation is 1. The molecule has 0 unspecified atom stereocenters. The second-order valence-electron chi connectivity index (χ2n) is 4.83. The van der Waals surface area contributed by atoms with Gasteiger partial charge in [0.1, 0.15) is 19.0 Å². The fraction of sp³-hybridized carbons (Fsp3) is 0.167. The predicted octanol–water partition coefficient (Wildman–Crippen LogP) is 3.21.